The van der Waals surface area contributed by atoms with Crippen LogP contribution in [-0.4, -0.2) is 23.2 Å². The van der Waals surface area contributed by atoms with Crippen molar-refractivity contribution in [2.45, 2.75) is 5.37 Å². The van der Waals surface area contributed by atoms with Crippen LogP contribution >= 0.6 is 11.8 Å². The Hall–Kier alpha value is -1.95. The predicted octanol–water partition coefficient (Wildman–Crippen LogP) is 3.70. The Balaban J connectivity index is 1.75. The zero-order valence-electron chi connectivity index (χ0n) is 10.6. The fraction of sp³-hybridized carbons (Fsp3) is 0.214. The van der Waals surface area contributed by atoms with Crippen molar-refractivity contribution in [3.63, 3.8) is 0 Å². The molecule has 104 valence electrons. The quantitative estimate of drug-likeness (QED) is 0.918. The van der Waals surface area contributed by atoms with Gasteiger partial charge in [0, 0.05) is 12.3 Å². The molecule has 1 aromatic heterocycles. The first-order valence-corrected chi connectivity index (χ1v) is 7.28. The van der Waals surface area contributed by atoms with E-state index in [9.17, 15) is 9.18 Å². The van der Waals surface area contributed by atoms with Crippen LogP contribution in [0.3, 0.4) is 0 Å². The average Bonchev–Trinajstić information content (AvgIpc) is 3.11. The maximum absolute atomic E-state index is 13.6. The third kappa shape index (κ3) is 2.51. The molecule has 3 rings (SSSR count). The summed E-state index contributed by atoms with van der Waals surface area (Å²) >= 11 is 1.63. The first kappa shape index (κ1) is 13.1. The number of benzene rings is 1. The molecule has 0 radical (unpaired) electrons. The average molecular weight is 292 g/mol. The van der Waals surface area contributed by atoms with Crippen molar-refractivity contribution in [3.8, 4) is 0 Å². The van der Waals surface area contributed by atoms with Gasteiger partial charge in [-0.2, -0.15) is 0 Å². The van der Waals surface area contributed by atoms with Gasteiger partial charge in [0.05, 0.1) is 12.0 Å². The van der Waals surface area contributed by atoms with E-state index < -0.39 is 5.82 Å². The lowest BCUT2D eigenvalue weighted by molar-refractivity contribution is 0.209. The molecule has 1 aliphatic rings. The molecule has 2 amide bonds. The topological polar surface area (TPSA) is 45.5 Å². The zero-order chi connectivity index (χ0) is 13.9. The number of nitrogens with one attached hydrogen (secondary N) is 1. The summed E-state index contributed by atoms with van der Waals surface area (Å²) in [5.41, 5.74) is 0.188. The Morgan fingerprint density at radius 2 is 2.20 bits per heavy atom. The van der Waals surface area contributed by atoms with Gasteiger partial charge < -0.3 is 14.6 Å². The van der Waals surface area contributed by atoms with Crippen molar-refractivity contribution in [1.29, 1.82) is 0 Å². The van der Waals surface area contributed by atoms with E-state index >= 15 is 0 Å². The first-order valence-electron chi connectivity index (χ1n) is 6.23. The summed E-state index contributed by atoms with van der Waals surface area (Å²) in [4.78, 5) is 13.9. The van der Waals surface area contributed by atoms with Gasteiger partial charge in [0.1, 0.15) is 17.0 Å². The highest BCUT2D eigenvalue weighted by Crippen LogP contribution is 2.38. The minimum atomic E-state index is -0.442. The molecule has 0 spiro atoms. The molecular weight excluding hydrogens is 279 g/mol. The molecule has 2 aromatic rings. The van der Waals surface area contributed by atoms with Crippen LogP contribution in [0.2, 0.25) is 0 Å². The third-order valence-electron chi connectivity index (χ3n) is 3.05. The molecule has 6 heteroatoms. The third-order valence-corrected chi connectivity index (χ3v) is 4.27. The van der Waals surface area contributed by atoms with Crippen molar-refractivity contribution in [2.24, 2.45) is 0 Å². The number of rotatable bonds is 2. The molecule has 0 unspecified atom stereocenters. The van der Waals surface area contributed by atoms with E-state index in [0.29, 0.717) is 6.54 Å². The number of para-hydroxylation sites is 1. The molecule has 1 fully saturated rings. The molecule has 20 heavy (non-hydrogen) atoms. The van der Waals surface area contributed by atoms with Crippen LogP contribution in [0.5, 0.6) is 0 Å². The minimum Gasteiger partial charge on any atom is -0.466 e. The largest absolute Gasteiger partial charge is 0.466 e. The molecule has 4 nitrogen and oxygen atoms in total. The number of amides is 2. The van der Waals surface area contributed by atoms with Gasteiger partial charge in [-0.3, -0.25) is 0 Å². The fourth-order valence-electron chi connectivity index (χ4n) is 2.10. The van der Waals surface area contributed by atoms with Crippen molar-refractivity contribution in [1.82, 2.24) is 4.90 Å². The Morgan fingerprint density at radius 3 is 2.95 bits per heavy atom. The molecule has 0 aliphatic carbocycles. The van der Waals surface area contributed by atoms with Gasteiger partial charge in [0.2, 0.25) is 0 Å². The van der Waals surface area contributed by atoms with E-state index in [2.05, 4.69) is 5.32 Å². The number of carbonyl (C=O) groups excluding carboxylic acids is 1. The van der Waals surface area contributed by atoms with E-state index in [4.69, 9.17) is 4.42 Å². The second-order valence-electron chi connectivity index (χ2n) is 4.34. The summed E-state index contributed by atoms with van der Waals surface area (Å²) < 4.78 is 18.9. The van der Waals surface area contributed by atoms with Crippen LogP contribution in [0.1, 0.15) is 11.1 Å². The van der Waals surface area contributed by atoms with Crippen LogP contribution in [0.4, 0.5) is 14.9 Å². The van der Waals surface area contributed by atoms with Gasteiger partial charge in [0.15, 0.2) is 0 Å². The Morgan fingerprint density at radius 1 is 1.35 bits per heavy atom. The van der Waals surface area contributed by atoms with Gasteiger partial charge in [-0.15, -0.1) is 11.8 Å². The Kier molecular flexibility index (Phi) is 3.64. The highest BCUT2D eigenvalue weighted by Gasteiger charge is 2.32. The maximum Gasteiger partial charge on any atom is 0.323 e. The number of urea groups is 1. The van der Waals surface area contributed by atoms with Gasteiger partial charge >= 0.3 is 6.03 Å². The normalized spacial score (nSPS) is 18.2. The SMILES string of the molecule is O=C(Nc1ccccc1F)N1CCS[C@@H]1c1ccco1. The maximum atomic E-state index is 13.6. The second-order valence-corrected chi connectivity index (χ2v) is 5.53. The minimum absolute atomic E-state index is 0.156. The lowest BCUT2D eigenvalue weighted by Crippen LogP contribution is -2.34. The van der Waals surface area contributed by atoms with E-state index in [1.807, 2.05) is 6.07 Å². The Labute approximate surface area is 119 Å². The van der Waals surface area contributed by atoms with Gasteiger partial charge in [0.25, 0.3) is 0 Å². The zero-order valence-corrected chi connectivity index (χ0v) is 11.4. The summed E-state index contributed by atoms with van der Waals surface area (Å²) in [6.07, 6.45) is 1.58. The Bertz CT molecular complexity index is 603. The first-order chi connectivity index (χ1) is 9.75. The smallest absolute Gasteiger partial charge is 0.323 e. The van der Waals surface area contributed by atoms with E-state index in [0.717, 1.165) is 11.5 Å². The second kappa shape index (κ2) is 5.58. The molecular formula is C14H13FN2O2S. The summed E-state index contributed by atoms with van der Waals surface area (Å²) in [5.74, 6) is 1.12. The number of carbonyl (C=O) groups is 1. The molecule has 0 saturated carbocycles. The molecule has 2 heterocycles. The van der Waals surface area contributed by atoms with Gasteiger partial charge in [-0.1, -0.05) is 12.1 Å². The highest BCUT2D eigenvalue weighted by atomic mass is 32.2. The van der Waals surface area contributed by atoms with Crippen LogP contribution in [0, 0.1) is 5.82 Å². The number of nitrogens with zero attached hydrogens (tertiary/aromatic N) is 1. The summed E-state index contributed by atoms with van der Waals surface area (Å²) in [6.45, 7) is 0.607. The summed E-state index contributed by atoms with van der Waals surface area (Å²) in [7, 11) is 0. The lowest BCUT2D eigenvalue weighted by Gasteiger charge is -2.22. The van der Waals surface area contributed by atoms with E-state index in [1.165, 1.54) is 6.07 Å². The van der Waals surface area contributed by atoms with E-state index in [-0.39, 0.29) is 17.1 Å². The fourth-order valence-corrected chi connectivity index (χ4v) is 3.30. The summed E-state index contributed by atoms with van der Waals surface area (Å²) in [6, 6.07) is 9.44. The number of hydrogen-bond acceptors (Lipinski definition) is 3. The number of halogens is 1. The van der Waals surface area contributed by atoms with Crippen LogP contribution in [-0.2, 0) is 0 Å². The van der Waals surface area contributed by atoms with Crippen LogP contribution in [0.15, 0.2) is 47.1 Å². The molecule has 1 aliphatic heterocycles. The standard InChI is InChI=1S/C14H13FN2O2S/c15-10-4-1-2-5-11(10)16-14(18)17-7-9-20-13(17)12-6-3-8-19-12/h1-6,8,13H,7,9H2,(H,16,18)/t13-/m1/s1. The lowest BCUT2D eigenvalue weighted by atomic mass is 10.3. The molecule has 1 N–H and O–H groups in total. The van der Waals surface area contributed by atoms with Crippen LogP contribution in [0.25, 0.3) is 0 Å². The molecule has 1 aromatic carbocycles. The summed E-state index contributed by atoms with van der Waals surface area (Å²) in [5, 5.41) is 2.45. The van der Waals surface area contributed by atoms with Crippen molar-refractivity contribution in [2.75, 3.05) is 17.6 Å². The van der Waals surface area contributed by atoms with Crippen molar-refractivity contribution < 1.29 is 13.6 Å². The predicted molar refractivity (Wildman–Crippen MR) is 76.0 cm³/mol. The number of hydrogen-bond donors (Lipinski definition) is 1. The van der Waals surface area contributed by atoms with Crippen molar-refractivity contribution >= 4 is 23.5 Å². The number of thioether (sulfide) groups is 1. The molecule has 1 atom stereocenters. The molecule has 1 saturated heterocycles. The van der Waals surface area contributed by atoms with Gasteiger partial charge in [-0.25, -0.2) is 9.18 Å². The monoisotopic (exact) mass is 292 g/mol. The number of anilines is 1. The van der Waals surface area contributed by atoms with Crippen LogP contribution < -0.4 is 5.32 Å². The van der Waals surface area contributed by atoms with Gasteiger partial charge in [-0.05, 0) is 24.3 Å². The highest BCUT2D eigenvalue weighted by molar-refractivity contribution is 7.99. The van der Waals surface area contributed by atoms with Crippen molar-refractivity contribution in [3.05, 3.63) is 54.2 Å². The number of furan rings is 1. The molecule has 0 bridgehead atoms. The van der Waals surface area contributed by atoms with E-state index in [1.54, 1.807) is 47.2 Å².